The first kappa shape index (κ1) is 13.4. The molecule has 0 radical (unpaired) electrons. The van der Waals surface area contributed by atoms with E-state index in [0.717, 1.165) is 12.0 Å². The number of hydrogen-bond donors (Lipinski definition) is 0. The number of halogens is 1. The number of carbonyl (C=O) groups is 1. The lowest BCUT2D eigenvalue weighted by atomic mass is 10.00. The van der Waals surface area contributed by atoms with Crippen molar-refractivity contribution in [3.05, 3.63) is 71.0 Å². The molecule has 0 saturated carbocycles. The van der Waals surface area contributed by atoms with Crippen LogP contribution < -0.4 is 0 Å². The standard InChI is InChI=1S/C16H15FO2/c1-19-10-9-12-5-4-6-13(11-12)16(18)14-7-2-3-8-15(14)17/h2-8,11H,9-10H2,1H3. The Labute approximate surface area is 111 Å². The van der Waals surface area contributed by atoms with Gasteiger partial charge in [0.15, 0.2) is 5.78 Å². The van der Waals surface area contributed by atoms with Gasteiger partial charge < -0.3 is 4.74 Å². The van der Waals surface area contributed by atoms with Crippen LogP contribution in [0.25, 0.3) is 0 Å². The largest absolute Gasteiger partial charge is 0.384 e. The molecule has 0 N–H and O–H groups in total. The van der Waals surface area contributed by atoms with Gasteiger partial charge in [-0.2, -0.15) is 0 Å². The summed E-state index contributed by atoms with van der Waals surface area (Å²) in [5.41, 5.74) is 1.61. The van der Waals surface area contributed by atoms with E-state index in [1.165, 1.54) is 12.1 Å². The first-order valence-electron chi connectivity index (χ1n) is 6.09. The molecule has 0 unspecified atom stereocenters. The minimum atomic E-state index is -0.491. The van der Waals surface area contributed by atoms with Gasteiger partial charge in [0.2, 0.25) is 0 Å². The summed E-state index contributed by atoms with van der Waals surface area (Å²) in [6, 6.07) is 13.2. The lowest BCUT2D eigenvalue weighted by molar-refractivity contribution is 0.103. The number of rotatable bonds is 5. The maximum atomic E-state index is 13.6. The van der Waals surface area contributed by atoms with E-state index in [-0.39, 0.29) is 11.3 Å². The number of ketones is 1. The Morgan fingerprint density at radius 3 is 2.68 bits per heavy atom. The second-order valence-corrected chi connectivity index (χ2v) is 4.25. The summed E-state index contributed by atoms with van der Waals surface area (Å²) in [4.78, 5) is 12.2. The molecule has 0 aromatic heterocycles. The number of methoxy groups -OCH3 is 1. The van der Waals surface area contributed by atoms with Gasteiger partial charge in [-0.05, 0) is 30.2 Å². The quantitative estimate of drug-likeness (QED) is 0.769. The van der Waals surface area contributed by atoms with Crippen LogP contribution in [0.15, 0.2) is 48.5 Å². The summed E-state index contributed by atoms with van der Waals surface area (Å²) in [5.74, 6) is -0.785. The lowest BCUT2D eigenvalue weighted by Crippen LogP contribution is -2.05. The maximum Gasteiger partial charge on any atom is 0.195 e. The van der Waals surface area contributed by atoms with Gasteiger partial charge in [0.25, 0.3) is 0 Å². The third kappa shape index (κ3) is 3.26. The van der Waals surface area contributed by atoms with E-state index < -0.39 is 5.82 Å². The second kappa shape index (κ2) is 6.25. The highest BCUT2D eigenvalue weighted by atomic mass is 19.1. The van der Waals surface area contributed by atoms with Gasteiger partial charge >= 0.3 is 0 Å². The molecule has 19 heavy (non-hydrogen) atoms. The fourth-order valence-electron chi connectivity index (χ4n) is 1.89. The van der Waals surface area contributed by atoms with E-state index in [0.29, 0.717) is 12.2 Å². The third-order valence-electron chi connectivity index (χ3n) is 2.90. The molecule has 3 heteroatoms. The van der Waals surface area contributed by atoms with Crippen molar-refractivity contribution in [3.8, 4) is 0 Å². The molecular weight excluding hydrogens is 243 g/mol. The Morgan fingerprint density at radius 2 is 1.95 bits per heavy atom. The summed E-state index contributed by atoms with van der Waals surface area (Å²) in [5, 5.41) is 0. The molecule has 0 amide bonds. The highest BCUT2D eigenvalue weighted by Crippen LogP contribution is 2.15. The zero-order valence-corrected chi connectivity index (χ0v) is 10.7. The first-order valence-corrected chi connectivity index (χ1v) is 6.09. The van der Waals surface area contributed by atoms with Gasteiger partial charge in [0.05, 0.1) is 12.2 Å². The highest BCUT2D eigenvalue weighted by molar-refractivity contribution is 6.09. The Morgan fingerprint density at radius 1 is 1.16 bits per heavy atom. The zero-order chi connectivity index (χ0) is 13.7. The third-order valence-corrected chi connectivity index (χ3v) is 2.90. The Bertz CT molecular complexity index is 578. The molecule has 0 aliphatic heterocycles. The number of benzene rings is 2. The molecule has 0 spiro atoms. The lowest BCUT2D eigenvalue weighted by Gasteiger charge is -2.05. The van der Waals surface area contributed by atoms with Crippen molar-refractivity contribution in [3.63, 3.8) is 0 Å². The van der Waals surface area contributed by atoms with E-state index in [2.05, 4.69) is 0 Å². The molecule has 2 aromatic carbocycles. The zero-order valence-electron chi connectivity index (χ0n) is 10.7. The van der Waals surface area contributed by atoms with E-state index in [9.17, 15) is 9.18 Å². The van der Waals surface area contributed by atoms with Gasteiger partial charge in [0.1, 0.15) is 5.82 Å². The van der Waals surface area contributed by atoms with Gasteiger partial charge in [-0.25, -0.2) is 4.39 Å². The van der Waals surface area contributed by atoms with Gasteiger partial charge in [-0.3, -0.25) is 4.79 Å². The number of hydrogen-bond acceptors (Lipinski definition) is 2. The Hall–Kier alpha value is -2.00. The van der Waals surface area contributed by atoms with Gasteiger partial charge in [-0.1, -0.05) is 30.3 Å². The normalized spacial score (nSPS) is 10.4. The molecule has 0 aliphatic carbocycles. The summed E-state index contributed by atoms with van der Waals surface area (Å²) >= 11 is 0. The Kier molecular flexibility index (Phi) is 4.42. The average Bonchev–Trinajstić information content (AvgIpc) is 2.45. The fraction of sp³-hybridized carbons (Fsp3) is 0.188. The molecule has 2 nitrogen and oxygen atoms in total. The molecule has 0 heterocycles. The summed E-state index contributed by atoms with van der Waals surface area (Å²) in [6.07, 6.45) is 0.731. The molecule has 0 saturated heterocycles. The average molecular weight is 258 g/mol. The van der Waals surface area contributed by atoms with Crippen LogP contribution in [0.5, 0.6) is 0 Å². The van der Waals surface area contributed by atoms with Crippen LogP contribution in [0, 0.1) is 5.82 Å². The van der Waals surface area contributed by atoms with Crippen molar-refractivity contribution in [2.45, 2.75) is 6.42 Å². The molecule has 0 aliphatic rings. The van der Waals surface area contributed by atoms with Crippen molar-refractivity contribution in [2.24, 2.45) is 0 Å². The van der Waals surface area contributed by atoms with Crippen LogP contribution in [0.4, 0.5) is 4.39 Å². The fourth-order valence-corrected chi connectivity index (χ4v) is 1.89. The smallest absolute Gasteiger partial charge is 0.195 e. The Balaban J connectivity index is 2.27. The SMILES string of the molecule is COCCc1cccc(C(=O)c2ccccc2F)c1. The molecule has 0 atom stereocenters. The summed E-state index contributed by atoms with van der Waals surface area (Å²) in [7, 11) is 1.63. The van der Waals surface area contributed by atoms with Crippen molar-refractivity contribution < 1.29 is 13.9 Å². The topological polar surface area (TPSA) is 26.3 Å². The van der Waals surface area contributed by atoms with Gasteiger partial charge in [-0.15, -0.1) is 0 Å². The van der Waals surface area contributed by atoms with Crippen molar-refractivity contribution >= 4 is 5.78 Å². The number of carbonyl (C=O) groups excluding carboxylic acids is 1. The van der Waals surface area contributed by atoms with E-state index >= 15 is 0 Å². The van der Waals surface area contributed by atoms with E-state index in [1.807, 2.05) is 6.07 Å². The molecule has 2 rings (SSSR count). The minimum Gasteiger partial charge on any atom is -0.384 e. The molecule has 98 valence electrons. The van der Waals surface area contributed by atoms with Crippen LogP contribution in [0.2, 0.25) is 0 Å². The first-order chi connectivity index (χ1) is 9.22. The molecule has 0 bridgehead atoms. The predicted molar refractivity (Wildman–Crippen MR) is 71.9 cm³/mol. The van der Waals surface area contributed by atoms with Crippen LogP contribution in [-0.2, 0) is 11.2 Å². The second-order valence-electron chi connectivity index (χ2n) is 4.25. The monoisotopic (exact) mass is 258 g/mol. The van der Waals surface area contributed by atoms with Crippen molar-refractivity contribution in [2.75, 3.05) is 13.7 Å². The maximum absolute atomic E-state index is 13.6. The minimum absolute atomic E-state index is 0.103. The van der Waals surface area contributed by atoms with Crippen LogP contribution in [0.1, 0.15) is 21.5 Å². The van der Waals surface area contributed by atoms with Crippen molar-refractivity contribution in [1.29, 1.82) is 0 Å². The molecule has 2 aromatic rings. The van der Waals surface area contributed by atoms with E-state index in [1.54, 1.807) is 37.4 Å². The van der Waals surface area contributed by atoms with Crippen LogP contribution in [-0.4, -0.2) is 19.5 Å². The van der Waals surface area contributed by atoms with Gasteiger partial charge in [0, 0.05) is 12.7 Å². The summed E-state index contributed by atoms with van der Waals surface area (Å²) < 4.78 is 18.6. The van der Waals surface area contributed by atoms with Crippen LogP contribution >= 0.6 is 0 Å². The van der Waals surface area contributed by atoms with E-state index in [4.69, 9.17) is 4.74 Å². The number of ether oxygens (including phenoxy) is 1. The van der Waals surface area contributed by atoms with Crippen molar-refractivity contribution in [1.82, 2.24) is 0 Å². The molecule has 0 fully saturated rings. The summed E-state index contributed by atoms with van der Waals surface area (Å²) in [6.45, 7) is 0.595. The van der Waals surface area contributed by atoms with Crippen LogP contribution in [0.3, 0.4) is 0 Å². The highest BCUT2D eigenvalue weighted by Gasteiger charge is 2.13. The molecular formula is C16H15FO2. The predicted octanol–water partition coefficient (Wildman–Crippen LogP) is 3.25.